The third-order valence-electron chi connectivity index (χ3n) is 3.59. The van der Waals surface area contributed by atoms with Crippen LogP contribution < -0.4 is 0 Å². The summed E-state index contributed by atoms with van der Waals surface area (Å²) in [6, 6.07) is 6.05. The number of benzene rings is 2. The van der Waals surface area contributed by atoms with Gasteiger partial charge in [-0.1, -0.05) is 0 Å². The number of rotatable bonds is 3. The lowest BCUT2D eigenvalue weighted by atomic mass is 9.94. The predicted octanol–water partition coefficient (Wildman–Crippen LogP) is 3.81. The van der Waals surface area contributed by atoms with Gasteiger partial charge in [-0.05, 0) is 51.5 Å². The number of carbonyl (C=O) groups is 1. The number of phenolic OH excluding ortho intramolecular Hbond substituents is 1. The van der Waals surface area contributed by atoms with Crippen LogP contribution in [-0.4, -0.2) is 21.8 Å². The highest BCUT2D eigenvalue weighted by Gasteiger charge is 2.32. The van der Waals surface area contributed by atoms with Crippen LogP contribution in [0, 0.1) is 24.1 Å². The summed E-state index contributed by atoms with van der Waals surface area (Å²) in [5.41, 5.74) is -0.703. The summed E-state index contributed by atoms with van der Waals surface area (Å²) in [5, 5.41) is 29.2. The SMILES string of the molecule is Cc1c(C(OC(C)(C)C)C(=O)O)c(O)c2ccc(C#N)cc2c1F. The zero-order valence-electron chi connectivity index (χ0n) is 13.8. The maximum Gasteiger partial charge on any atom is 0.337 e. The van der Waals surface area contributed by atoms with Crippen LogP contribution in [0.5, 0.6) is 5.75 Å². The molecule has 5 nitrogen and oxygen atoms in total. The average Bonchev–Trinajstić information content (AvgIpc) is 2.50. The molecule has 0 heterocycles. The molecule has 0 aliphatic rings. The molecule has 2 rings (SSSR count). The second kappa shape index (κ2) is 6.10. The summed E-state index contributed by atoms with van der Waals surface area (Å²) in [4.78, 5) is 11.6. The fraction of sp³-hybridized carbons (Fsp3) is 0.333. The Morgan fingerprint density at radius 3 is 2.46 bits per heavy atom. The number of carboxylic acids is 1. The minimum Gasteiger partial charge on any atom is -0.507 e. The number of hydrogen-bond acceptors (Lipinski definition) is 4. The van der Waals surface area contributed by atoms with Crippen molar-refractivity contribution in [2.24, 2.45) is 0 Å². The van der Waals surface area contributed by atoms with E-state index in [2.05, 4.69) is 0 Å². The first-order valence-corrected chi connectivity index (χ1v) is 7.32. The van der Waals surface area contributed by atoms with Gasteiger partial charge in [0.05, 0.1) is 17.2 Å². The lowest BCUT2D eigenvalue weighted by Crippen LogP contribution is -2.28. The van der Waals surface area contributed by atoms with Crippen LogP contribution in [0.3, 0.4) is 0 Å². The average molecular weight is 331 g/mol. The Hall–Kier alpha value is -2.65. The number of aliphatic carboxylic acids is 1. The number of carboxylic acid groups (broad SMARTS) is 1. The van der Waals surface area contributed by atoms with Crippen LogP contribution in [-0.2, 0) is 9.53 Å². The second-order valence-electron chi connectivity index (χ2n) is 6.52. The molecule has 0 spiro atoms. The molecule has 0 radical (unpaired) electrons. The van der Waals surface area contributed by atoms with E-state index in [0.717, 1.165) is 0 Å². The Labute approximate surface area is 138 Å². The van der Waals surface area contributed by atoms with Crippen molar-refractivity contribution in [2.45, 2.75) is 39.4 Å². The second-order valence-corrected chi connectivity index (χ2v) is 6.52. The molecule has 126 valence electrons. The van der Waals surface area contributed by atoms with Crippen LogP contribution in [0.1, 0.15) is 43.6 Å². The third-order valence-corrected chi connectivity index (χ3v) is 3.59. The number of hydrogen-bond donors (Lipinski definition) is 2. The Kier molecular flexibility index (Phi) is 4.50. The largest absolute Gasteiger partial charge is 0.507 e. The lowest BCUT2D eigenvalue weighted by molar-refractivity contribution is -0.160. The van der Waals surface area contributed by atoms with E-state index in [-0.39, 0.29) is 33.2 Å². The van der Waals surface area contributed by atoms with Crippen molar-refractivity contribution in [1.82, 2.24) is 0 Å². The number of nitrogens with zero attached hydrogens (tertiary/aromatic N) is 1. The topological polar surface area (TPSA) is 90.6 Å². The molecule has 0 aliphatic carbocycles. The number of nitriles is 1. The minimum atomic E-state index is -1.51. The fourth-order valence-electron chi connectivity index (χ4n) is 2.55. The first-order chi connectivity index (χ1) is 11.1. The molecule has 6 heteroatoms. The van der Waals surface area contributed by atoms with Crippen LogP contribution in [0.25, 0.3) is 10.8 Å². The number of fused-ring (bicyclic) bond motifs is 1. The summed E-state index contributed by atoms with van der Waals surface area (Å²) in [5.74, 6) is -2.36. The van der Waals surface area contributed by atoms with Crippen molar-refractivity contribution in [3.8, 4) is 11.8 Å². The van der Waals surface area contributed by atoms with Crippen LogP contribution in [0.4, 0.5) is 4.39 Å². The molecule has 0 saturated carbocycles. The monoisotopic (exact) mass is 331 g/mol. The summed E-state index contributed by atoms with van der Waals surface area (Å²) in [6.45, 7) is 6.40. The van der Waals surface area contributed by atoms with Crippen molar-refractivity contribution in [3.05, 3.63) is 40.7 Å². The van der Waals surface area contributed by atoms with Crippen molar-refractivity contribution in [1.29, 1.82) is 5.26 Å². The molecule has 0 amide bonds. The molecule has 0 aliphatic heterocycles. The first-order valence-electron chi connectivity index (χ1n) is 7.32. The van der Waals surface area contributed by atoms with E-state index >= 15 is 0 Å². The van der Waals surface area contributed by atoms with Gasteiger partial charge in [0.2, 0.25) is 0 Å². The van der Waals surface area contributed by atoms with Gasteiger partial charge >= 0.3 is 5.97 Å². The molecule has 0 saturated heterocycles. The highest BCUT2D eigenvalue weighted by molar-refractivity contribution is 5.93. The summed E-state index contributed by atoms with van der Waals surface area (Å²) in [6.07, 6.45) is -1.51. The van der Waals surface area contributed by atoms with E-state index in [9.17, 15) is 19.4 Å². The number of phenols is 1. The van der Waals surface area contributed by atoms with Gasteiger partial charge in [-0.25, -0.2) is 9.18 Å². The summed E-state index contributed by atoms with van der Waals surface area (Å²) < 4.78 is 20.3. The molecular formula is C18H18FNO4. The van der Waals surface area contributed by atoms with Crippen LogP contribution >= 0.6 is 0 Å². The zero-order valence-corrected chi connectivity index (χ0v) is 13.8. The molecule has 2 aromatic rings. The van der Waals surface area contributed by atoms with E-state index in [0.29, 0.717) is 0 Å². The van der Waals surface area contributed by atoms with E-state index in [1.165, 1.54) is 25.1 Å². The van der Waals surface area contributed by atoms with Crippen molar-refractivity contribution >= 4 is 16.7 Å². The Bertz CT molecular complexity index is 862. The maximum atomic E-state index is 14.7. The van der Waals surface area contributed by atoms with Crippen molar-refractivity contribution in [2.75, 3.05) is 0 Å². The molecule has 0 fully saturated rings. The quantitative estimate of drug-likeness (QED) is 0.892. The first kappa shape index (κ1) is 17.7. The molecule has 2 aromatic carbocycles. The molecular weight excluding hydrogens is 313 g/mol. The van der Waals surface area contributed by atoms with Gasteiger partial charge in [-0.3, -0.25) is 0 Å². The van der Waals surface area contributed by atoms with Gasteiger partial charge < -0.3 is 14.9 Å². The van der Waals surface area contributed by atoms with Crippen molar-refractivity contribution in [3.63, 3.8) is 0 Å². The van der Waals surface area contributed by atoms with E-state index in [1.807, 2.05) is 6.07 Å². The smallest absolute Gasteiger partial charge is 0.337 e. The van der Waals surface area contributed by atoms with Gasteiger partial charge in [0.15, 0.2) is 6.10 Å². The minimum absolute atomic E-state index is 0.0215. The van der Waals surface area contributed by atoms with Crippen LogP contribution in [0.15, 0.2) is 18.2 Å². The molecule has 1 atom stereocenters. The van der Waals surface area contributed by atoms with E-state index in [1.54, 1.807) is 20.8 Å². The molecule has 24 heavy (non-hydrogen) atoms. The molecule has 1 unspecified atom stereocenters. The van der Waals surface area contributed by atoms with Gasteiger partial charge in [-0.2, -0.15) is 5.26 Å². The third kappa shape index (κ3) is 3.17. The van der Waals surface area contributed by atoms with Gasteiger partial charge in [0.25, 0.3) is 0 Å². The van der Waals surface area contributed by atoms with E-state index < -0.39 is 23.5 Å². The number of halogens is 1. The summed E-state index contributed by atoms with van der Waals surface area (Å²) >= 11 is 0. The van der Waals surface area contributed by atoms with Gasteiger partial charge in [0.1, 0.15) is 11.6 Å². The molecule has 0 aromatic heterocycles. The number of aromatic hydroxyl groups is 1. The van der Waals surface area contributed by atoms with Gasteiger partial charge in [-0.15, -0.1) is 0 Å². The highest BCUT2D eigenvalue weighted by Crippen LogP contribution is 2.40. The fourth-order valence-corrected chi connectivity index (χ4v) is 2.55. The Morgan fingerprint density at radius 2 is 1.96 bits per heavy atom. The molecule has 0 bridgehead atoms. The Morgan fingerprint density at radius 1 is 1.33 bits per heavy atom. The van der Waals surface area contributed by atoms with Gasteiger partial charge in [0, 0.05) is 16.3 Å². The Balaban J connectivity index is 2.79. The lowest BCUT2D eigenvalue weighted by Gasteiger charge is -2.27. The zero-order chi connectivity index (χ0) is 18.2. The van der Waals surface area contributed by atoms with Crippen LogP contribution in [0.2, 0.25) is 0 Å². The molecule has 2 N–H and O–H groups in total. The van der Waals surface area contributed by atoms with E-state index in [4.69, 9.17) is 10.00 Å². The maximum absolute atomic E-state index is 14.7. The summed E-state index contributed by atoms with van der Waals surface area (Å²) in [7, 11) is 0. The predicted molar refractivity (Wildman–Crippen MR) is 86.2 cm³/mol. The number of ether oxygens (including phenoxy) is 1. The highest BCUT2D eigenvalue weighted by atomic mass is 19.1. The standard InChI is InChI=1S/C18H18FNO4/c1-9-13(16(17(22)23)24-18(2,3)4)15(21)11-6-5-10(8-20)7-12(11)14(9)19/h5-7,16,21H,1-4H3,(H,22,23). The van der Waals surface area contributed by atoms with Crippen molar-refractivity contribution < 1.29 is 24.1 Å². The normalized spacial score (nSPS) is 12.8.